The molecule has 1 aliphatic carbocycles. The van der Waals surface area contributed by atoms with Crippen molar-refractivity contribution in [2.24, 2.45) is 5.92 Å². The molecule has 0 radical (unpaired) electrons. The topological polar surface area (TPSA) is 373 Å². The average molecular weight is 1010 g/mol. The Hall–Kier alpha value is -6.54. The highest BCUT2D eigenvalue weighted by molar-refractivity contribution is 7.89. The maximum atomic E-state index is 14.3. The second kappa shape index (κ2) is 26.9. The highest BCUT2D eigenvalue weighted by atomic mass is 32.2. The fraction of sp³-hybridized carbons (Fsp3) is 0.535. The number of carbonyl (C=O) groups is 10. The van der Waals surface area contributed by atoms with Gasteiger partial charge in [0.1, 0.15) is 36.3 Å². The minimum absolute atomic E-state index is 0.0411. The van der Waals surface area contributed by atoms with Crippen LogP contribution >= 0.6 is 12.6 Å². The van der Waals surface area contributed by atoms with Crippen molar-refractivity contribution >= 4 is 98.4 Å². The van der Waals surface area contributed by atoms with Crippen LogP contribution in [0.5, 0.6) is 0 Å². The number of carbonyl (C=O) groups excluding carboxylic acids is 6. The lowest BCUT2D eigenvalue weighted by Crippen LogP contribution is -2.61. The summed E-state index contributed by atoms with van der Waals surface area (Å²) in [7, 11) is -1.12. The van der Waals surface area contributed by atoms with Gasteiger partial charge in [-0.15, -0.1) is 0 Å². The van der Waals surface area contributed by atoms with Crippen LogP contribution in [0.15, 0.2) is 41.3 Å². The summed E-state index contributed by atoms with van der Waals surface area (Å²) in [5, 5.41) is 52.4. The number of nitrogens with one attached hydrogen (secondary N) is 7. The molecule has 26 heteroatoms. The first-order valence-electron chi connectivity index (χ1n) is 21.9. The molecule has 24 nitrogen and oxygen atoms in total. The molecule has 1 aliphatic rings. The normalized spacial score (nSPS) is 15.4. The van der Waals surface area contributed by atoms with E-state index < -0.39 is 144 Å². The Morgan fingerprint density at radius 3 is 1.61 bits per heavy atom. The molecular weight excluding hydrogens is 949 g/mol. The van der Waals surface area contributed by atoms with Gasteiger partial charge in [-0.1, -0.05) is 56.4 Å². The number of hydrogen-bond acceptors (Lipinski definition) is 14. The minimum atomic E-state index is -4.60. The number of sulfonamides is 1. The highest BCUT2D eigenvalue weighted by Gasteiger charge is 2.36. The second-order valence-corrected chi connectivity index (χ2v) is 18.8. The van der Waals surface area contributed by atoms with Crippen LogP contribution in [-0.2, 0) is 58.0 Å². The second-order valence-electron chi connectivity index (χ2n) is 16.7. The van der Waals surface area contributed by atoms with Gasteiger partial charge in [0.05, 0.1) is 11.3 Å². The first-order valence-corrected chi connectivity index (χ1v) is 24.0. The van der Waals surface area contributed by atoms with Gasteiger partial charge in [-0.2, -0.15) is 12.6 Å². The molecular formula is C43H60N8O16S2. The minimum Gasteiger partial charge on any atom is -0.481 e. The van der Waals surface area contributed by atoms with Crippen LogP contribution in [0.3, 0.4) is 0 Å². The molecule has 0 unspecified atom stereocenters. The first-order chi connectivity index (χ1) is 32.4. The van der Waals surface area contributed by atoms with Crippen LogP contribution in [0.4, 0.5) is 5.69 Å². The summed E-state index contributed by atoms with van der Waals surface area (Å²) in [6.45, 7) is -0.00835. The van der Waals surface area contributed by atoms with E-state index in [0.717, 1.165) is 26.2 Å². The number of hydrogen-bond donors (Lipinski definition) is 12. The summed E-state index contributed by atoms with van der Waals surface area (Å²) in [6, 6.07) is -0.993. The summed E-state index contributed by atoms with van der Waals surface area (Å²) in [5.74, 6) is -12.9. The van der Waals surface area contributed by atoms with E-state index >= 15 is 0 Å². The molecule has 0 aromatic heterocycles. The number of aliphatic carboxylic acids is 4. The van der Waals surface area contributed by atoms with Crippen molar-refractivity contribution in [3.05, 3.63) is 36.4 Å². The van der Waals surface area contributed by atoms with Gasteiger partial charge in [0, 0.05) is 62.6 Å². The lowest BCUT2D eigenvalue weighted by atomic mass is 9.84. The van der Waals surface area contributed by atoms with Crippen LogP contribution in [0.1, 0.15) is 77.6 Å². The Labute approximate surface area is 402 Å². The molecule has 2 aromatic rings. The van der Waals surface area contributed by atoms with Gasteiger partial charge in [-0.3, -0.25) is 43.2 Å². The number of carboxylic acid groups (broad SMARTS) is 4. The summed E-state index contributed by atoms with van der Waals surface area (Å²) in [4.78, 5) is 129. The molecule has 1 saturated carbocycles. The third kappa shape index (κ3) is 18.1. The quantitative estimate of drug-likeness (QED) is 0.0469. The average Bonchev–Trinajstić information content (AvgIpc) is 3.28. The zero-order chi connectivity index (χ0) is 51.6. The standard InChI is InChI=1S/C43H60N8O16S2/c1-23(52)45-30(20-37(57)58)41(62)46-28(16-18-36(55)56)39(60)49-31(21-44-69(66,67)34-14-8-11-25-26(34)12-7-13-33(25)51(2)3)42(63)47-27(15-17-35(53)54)38(59)48-29(19-24-9-5-4-6-10-24)40(61)50-32(22-68)43(64)65/h7-8,11-14,24,27-32,44,68H,4-6,9-10,15-22H2,1-3H3,(H,45,52)(H,46,62)(H,47,63)(H,48,59)(H,49,60)(H,50,61)(H,53,54)(H,55,56)(H,57,58)(H,64,65)/t27-,28-,29-,30-,31-,32-/m0/s1. The maximum absolute atomic E-state index is 14.3. The predicted molar refractivity (Wildman–Crippen MR) is 249 cm³/mol. The predicted octanol–water partition coefficient (Wildman–Crippen LogP) is -0.698. The van der Waals surface area contributed by atoms with E-state index in [0.29, 0.717) is 23.9 Å². The lowest BCUT2D eigenvalue weighted by Gasteiger charge is -2.29. The van der Waals surface area contributed by atoms with Crippen molar-refractivity contribution in [1.29, 1.82) is 0 Å². The van der Waals surface area contributed by atoms with Crippen LogP contribution in [0.2, 0.25) is 0 Å². The van der Waals surface area contributed by atoms with E-state index in [1.54, 1.807) is 37.2 Å². The summed E-state index contributed by atoms with van der Waals surface area (Å²) in [6.07, 6.45) is 0.202. The number of carboxylic acids is 4. The van der Waals surface area contributed by atoms with Crippen LogP contribution < -0.4 is 41.5 Å². The summed E-state index contributed by atoms with van der Waals surface area (Å²) in [5.41, 5.74) is 0.653. The van der Waals surface area contributed by atoms with Gasteiger partial charge in [-0.05, 0) is 37.3 Å². The van der Waals surface area contributed by atoms with Gasteiger partial charge < -0.3 is 57.2 Å². The van der Waals surface area contributed by atoms with Crippen LogP contribution in [0, 0.1) is 5.92 Å². The Bertz CT molecular complexity index is 2330. The molecule has 6 atom stereocenters. The molecule has 0 heterocycles. The third-order valence-electron chi connectivity index (χ3n) is 11.1. The summed E-state index contributed by atoms with van der Waals surface area (Å²) >= 11 is 3.98. The zero-order valence-corrected chi connectivity index (χ0v) is 39.9. The van der Waals surface area contributed by atoms with E-state index in [9.17, 15) is 76.8 Å². The molecule has 6 amide bonds. The molecule has 0 saturated heterocycles. The van der Waals surface area contributed by atoms with Crippen LogP contribution in [0.25, 0.3) is 10.8 Å². The molecule has 3 rings (SSSR count). The lowest BCUT2D eigenvalue weighted by molar-refractivity contribution is -0.142. The van der Waals surface area contributed by atoms with Gasteiger partial charge >= 0.3 is 23.9 Å². The van der Waals surface area contributed by atoms with E-state index in [-0.39, 0.29) is 28.4 Å². The molecule has 0 bridgehead atoms. The number of amides is 6. The van der Waals surface area contributed by atoms with Crippen molar-refractivity contribution in [2.45, 2.75) is 119 Å². The smallest absolute Gasteiger partial charge is 0.327 e. The van der Waals surface area contributed by atoms with Crippen molar-refractivity contribution in [2.75, 3.05) is 31.3 Å². The Morgan fingerprint density at radius 1 is 0.623 bits per heavy atom. The maximum Gasteiger partial charge on any atom is 0.327 e. The van der Waals surface area contributed by atoms with Crippen molar-refractivity contribution in [3.8, 4) is 0 Å². The third-order valence-corrected chi connectivity index (χ3v) is 12.9. The van der Waals surface area contributed by atoms with Gasteiger partial charge in [-0.25, -0.2) is 17.9 Å². The van der Waals surface area contributed by atoms with Crippen molar-refractivity contribution in [1.82, 2.24) is 36.6 Å². The molecule has 0 aliphatic heterocycles. The summed E-state index contributed by atoms with van der Waals surface area (Å²) < 4.78 is 30.4. The largest absolute Gasteiger partial charge is 0.481 e. The van der Waals surface area contributed by atoms with Crippen molar-refractivity contribution < 1.29 is 76.8 Å². The SMILES string of the molecule is CC(=O)N[C@@H](CC(=O)O)C(=O)N[C@@H](CCC(=O)O)C(=O)N[C@@H](CNS(=O)(=O)c1cccc2c(N(C)C)cccc12)C(=O)N[C@@H](CCC(=O)O)C(=O)N[C@@H](CC1CCCCC1)C(=O)N[C@@H](CS)C(=O)O. The molecule has 2 aromatic carbocycles. The van der Waals surface area contributed by atoms with Crippen molar-refractivity contribution in [3.63, 3.8) is 0 Å². The number of benzene rings is 2. The molecule has 69 heavy (non-hydrogen) atoms. The highest BCUT2D eigenvalue weighted by Crippen LogP contribution is 2.30. The number of rotatable bonds is 28. The Morgan fingerprint density at radius 2 is 1.10 bits per heavy atom. The number of thiol groups is 1. The molecule has 380 valence electrons. The van der Waals surface area contributed by atoms with Gasteiger partial charge in [0.25, 0.3) is 0 Å². The Balaban J connectivity index is 2.08. The van der Waals surface area contributed by atoms with Gasteiger partial charge in [0.2, 0.25) is 45.5 Å². The number of fused-ring (bicyclic) bond motifs is 1. The monoisotopic (exact) mass is 1010 g/mol. The van der Waals surface area contributed by atoms with E-state index in [2.05, 4.69) is 49.3 Å². The van der Waals surface area contributed by atoms with Crippen LogP contribution in [-0.4, -0.2) is 151 Å². The fourth-order valence-electron chi connectivity index (χ4n) is 7.61. The number of nitrogens with zero attached hydrogens (tertiary/aromatic N) is 1. The number of anilines is 1. The molecule has 0 spiro atoms. The van der Waals surface area contributed by atoms with E-state index in [1.165, 1.54) is 18.2 Å². The first kappa shape index (κ1) is 56.8. The van der Waals surface area contributed by atoms with E-state index in [1.807, 2.05) is 0 Å². The Kier molecular flexibility index (Phi) is 22.1. The van der Waals surface area contributed by atoms with Gasteiger partial charge in [0.15, 0.2) is 0 Å². The molecule has 11 N–H and O–H groups in total. The fourth-order valence-corrected chi connectivity index (χ4v) is 9.12. The molecule has 1 fully saturated rings. The zero-order valence-electron chi connectivity index (χ0n) is 38.2. The van der Waals surface area contributed by atoms with E-state index in [4.69, 9.17) is 0 Å².